The minimum absolute atomic E-state index is 0.0109. The van der Waals surface area contributed by atoms with Gasteiger partial charge in [-0.2, -0.15) is 0 Å². The van der Waals surface area contributed by atoms with Crippen LogP contribution in [0.2, 0.25) is 0 Å². The fourth-order valence-corrected chi connectivity index (χ4v) is 2.99. The molecule has 0 radical (unpaired) electrons. The lowest BCUT2D eigenvalue weighted by molar-refractivity contribution is -0.0492. The predicted octanol–water partition coefficient (Wildman–Crippen LogP) is 2.13. The van der Waals surface area contributed by atoms with Gasteiger partial charge in [0.1, 0.15) is 11.4 Å². The highest BCUT2D eigenvalue weighted by molar-refractivity contribution is 5.63. The van der Waals surface area contributed by atoms with Crippen LogP contribution in [0.5, 0.6) is 5.75 Å². The van der Waals surface area contributed by atoms with Gasteiger partial charge in [-0.05, 0) is 38.4 Å². The molecule has 92 valence electrons. The molecule has 0 aromatic heterocycles. The first-order valence-corrected chi connectivity index (χ1v) is 6.40. The standard InChI is InChI=1S/C14H20N2O/c1-14(9-16(2)10-14)17-12-7-3-5-11-6-4-8-15-13(11)12/h3,5,7,15H,4,6,8-10H2,1-2H3. The van der Waals surface area contributed by atoms with Crippen LogP contribution < -0.4 is 10.1 Å². The van der Waals surface area contributed by atoms with Crippen LogP contribution in [0, 0.1) is 0 Å². The first-order chi connectivity index (χ1) is 8.16. The molecule has 0 aliphatic carbocycles. The second-order valence-corrected chi connectivity index (χ2v) is 5.54. The van der Waals surface area contributed by atoms with E-state index < -0.39 is 0 Å². The van der Waals surface area contributed by atoms with Gasteiger partial charge in [-0.15, -0.1) is 0 Å². The molecule has 3 heteroatoms. The smallest absolute Gasteiger partial charge is 0.143 e. The summed E-state index contributed by atoms with van der Waals surface area (Å²) >= 11 is 0. The highest BCUT2D eigenvalue weighted by Gasteiger charge is 2.39. The van der Waals surface area contributed by atoms with Crippen LogP contribution in [0.1, 0.15) is 18.9 Å². The average Bonchev–Trinajstić information content (AvgIpc) is 2.28. The quantitative estimate of drug-likeness (QED) is 0.845. The molecule has 3 rings (SSSR count). The summed E-state index contributed by atoms with van der Waals surface area (Å²) < 4.78 is 6.20. The molecule has 0 saturated carbocycles. The largest absolute Gasteiger partial charge is 0.483 e. The van der Waals surface area contributed by atoms with Crippen LogP contribution in [-0.4, -0.2) is 37.2 Å². The van der Waals surface area contributed by atoms with E-state index in [0.717, 1.165) is 31.8 Å². The molecule has 2 aliphatic rings. The maximum Gasteiger partial charge on any atom is 0.143 e. The minimum atomic E-state index is -0.0109. The average molecular weight is 232 g/mol. The summed E-state index contributed by atoms with van der Waals surface area (Å²) in [5, 5.41) is 3.47. The highest BCUT2D eigenvalue weighted by atomic mass is 16.5. The first-order valence-electron chi connectivity index (χ1n) is 6.40. The van der Waals surface area contributed by atoms with Crippen molar-refractivity contribution in [3.05, 3.63) is 23.8 Å². The summed E-state index contributed by atoms with van der Waals surface area (Å²) in [7, 11) is 2.13. The number of aryl methyl sites for hydroxylation is 1. The van der Waals surface area contributed by atoms with E-state index in [1.807, 2.05) is 0 Å². The van der Waals surface area contributed by atoms with Gasteiger partial charge < -0.3 is 10.1 Å². The molecule has 1 aromatic carbocycles. The Hall–Kier alpha value is -1.22. The highest BCUT2D eigenvalue weighted by Crippen LogP contribution is 2.36. The van der Waals surface area contributed by atoms with Gasteiger partial charge in [-0.3, -0.25) is 4.90 Å². The van der Waals surface area contributed by atoms with E-state index in [1.165, 1.54) is 17.7 Å². The third-order valence-corrected chi connectivity index (χ3v) is 3.60. The number of rotatable bonds is 2. The summed E-state index contributed by atoms with van der Waals surface area (Å²) in [6.07, 6.45) is 2.38. The molecular formula is C14H20N2O. The molecular weight excluding hydrogens is 212 g/mol. The fourth-order valence-electron chi connectivity index (χ4n) is 2.99. The molecule has 3 nitrogen and oxygen atoms in total. The number of nitrogens with zero attached hydrogens (tertiary/aromatic N) is 1. The van der Waals surface area contributed by atoms with Crippen molar-refractivity contribution in [3.8, 4) is 5.75 Å². The summed E-state index contributed by atoms with van der Waals surface area (Å²) in [6, 6.07) is 6.39. The Kier molecular flexibility index (Phi) is 2.51. The zero-order valence-corrected chi connectivity index (χ0v) is 10.6. The summed E-state index contributed by atoms with van der Waals surface area (Å²) in [4.78, 5) is 2.28. The Morgan fingerprint density at radius 1 is 1.35 bits per heavy atom. The van der Waals surface area contributed by atoms with E-state index in [2.05, 4.69) is 42.4 Å². The number of para-hydroxylation sites is 1. The lowest BCUT2D eigenvalue weighted by atomic mass is 9.97. The number of nitrogens with one attached hydrogen (secondary N) is 1. The van der Waals surface area contributed by atoms with Crippen molar-refractivity contribution in [2.45, 2.75) is 25.4 Å². The number of ether oxygens (including phenoxy) is 1. The molecule has 0 unspecified atom stereocenters. The van der Waals surface area contributed by atoms with Crippen LogP contribution in [0.15, 0.2) is 18.2 Å². The normalized spacial score (nSPS) is 22.2. The van der Waals surface area contributed by atoms with E-state index in [0.29, 0.717) is 0 Å². The number of fused-ring (bicyclic) bond motifs is 1. The van der Waals surface area contributed by atoms with Crippen LogP contribution in [0.4, 0.5) is 5.69 Å². The van der Waals surface area contributed by atoms with Gasteiger partial charge >= 0.3 is 0 Å². The van der Waals surface area contributed by atoms with Crippen molar-refractivity contribution in [3.63, 3.8) is 0 Å². The van der Waals surface area contributed by atoms with Crippen molar-refractivity contribution >= 4 is 5.69 Å². The van der Waals surface area contributed by atoms with E-state index in [1.54, 1.807) is 0 Å². The Bertz CT molecular complexity index is 424. The number of benzene rings is 1. The molecule has 0 spiro atoms. The van der Waals surface area contributed by atoms with Gasteiger partial charge in [0.15, 0.2) is 0 Å². The zero-order valence-electron chi connectivity index (χ0n) is 10.6. The van der Waals surface area contributed by atoms with Gasteiger partial charge in [0.25, 0.3) is 0 Å². The summed E-state index contributed by atoms with van der Waals surface area (Å²) in [5.74, 6) is 1.03. The molecule has 1 N–H and O–H groups in total. The van der Waals surface area contributed by atoms with Crippen LogP contribution in [-0.2, 0) is 6.42 Å². The molecule has 0 bridgehead atoms. The molecule has 2 heterocycles. The monoisotopic (exact) mass is 232 g/mol. The molecule has 1 fully saturated rings. The number of likely N-dealkylation sites (N-methyl/N-ethyl adjacent to an activating group) is 1. The SMILES string of the molecule is CN1CC(C)(Oc2cccc3c2NCCC3)C1. The molecule has 2 aliphatic heterocycles. The Labute approximate surface area is 103 Å². The van der Waals surface area contributed by atoms with E-state index in [-0.39, 0.29) is 5.60 Å². The van der Waals surface area contributed by atoms with Gasteiger partial charge in [0.2, 0.25) is 0 Å². The second kappa shape index (κ2) is 3.91. The summed E-state index contributed by atoms with van der Waals surface area (Å²) in [5.41, 5.74) is 2.60. The Morgan fingerprint density at radius 2 is 2.18 bits per heavy atom. The molecule has 0 atom stereocenters. The van der Waals surface area contributed by atoms with Crippen molar-refractivity contribution in [2.24, 2.45) is 0 Å². The number of likely N-dealkylation sites (tertiary alicyclic amines) is 1. The minimum Gasteiger partial charge on any atom is -0.483 e. The van der Waals surface area contributed by atoms with Gasteiger partial charge in [0, 0.05) is 19.6 Å². The number of hydrogen-bond acceptors (Lipinski definition) is 3. The lowest BCUT2D eigenvalue weighted by Crippen LogP contribution is -2.61. The van der Waals surface area contributed by atoms with Crippen molar-refractivity contribution < 1.29 is 4.74 Å². The zero-order chi connectivity index (χ0) is 11.9. The Balaban J connectivity index is 1.83. The third-order valence-electron chi connectivity index (χ3n) is 3.60. The topological polar surface area (TPSA) is 24.5 Å². The van der Waals surface area contributed by atoms with Crippen LogP contribution in [0.3, 0.4) is 0 Å². The molecule has 1 saturated heterocycles. The van der Waals surface area contributed by atoms with Crippen molar-refractivity contribution in [1.82, 2.24) is 4.90 Å². The van der Waals surface area contributed by atoms with Crippen LogP contribution in [0.25, 0.3) is 0 Å². The molecule has 0 amide bonds. The van der Waals surface area contributed by atoms with Crippen molar-refractivity contribution in [2.75, 3.05) is 32.0 Å². The van der Waals surface area contributed by atoms with E-state index >= 15 is 0 Å². The van der Waals surface area contributed by atoms with E-state index in [4.69, 9.17) is 4.74 Å². The number of anilines is 1. The third kappa shape index (κ3) is 2.00. The van der Waals surface area contributed by atoms with Gasteiger partial charge in [-0.1, -0.05) is 12.1 Å². The first kappa shape index (κ1) is 10.9. The predicted molar refractivity (Wildman–Crippen MR) is 69.8 cm³/mol. The second-order valence-electron chi connectivity index (χ2n) is 5.54. The maximum absolute atomic E-state index is 6.20. The number of hydrogen-bond donors (Lipinski definition) is 1. The van der Waals surface area contributed by atoms with Gasteiger partial charge in [-0.25, -0.2) is 0 Å². The molecule has 17 heavy (non-hydrogen) atoms. The van der Waals surface area contributed by atoms with Crippen LogP contribution >= 0.6 is 0 Å². The summed E-state index contributed by atoms with van der Waals surface area (Å²) in [6.45, 7) is 5.27. The fraction of sp³-hybridized carbons (Fsp3) is 0.571. The maximum atomic E-state index is 6.20. The van der Waals surface area contributed by atoms with E-state index in [9.17, 15) is 0 Å². The van der Waals surface area contributed by atoms with Gasteiger partial charge in [0.05, 0.1) is 5.69 Å². The lowest BCUT2D eigenvalue weighted by Gasteiger charge is -2.46. The Morgan fingerprint density at radius 3 is 2.94 bits per heavy atom. The molecule has 1 aromatic rings. The van der Waals surface area contributed by atoms with Crippen molar-refractivity contribution in [1.29, 1.82) is 0 Å².